The van der Waals surface area contributed by atoms with Gasteiger partial charge in [-0.15, -0.1) is 0 Å². The average Bonchev–Trinajstić information content (AvgIpc) is 3.35. The number of hydrogen-bond donors (Lipinski definition) is 1. The predicted molar refractivity (Wildman–Crippen MR) is 133 cm³/mol. The third kappa shape index (κ3) is 4.33. The minimum absolute atomic E-state index is 0.206. The first kappa shape index (κ1) is 21.1. The minimum Gasteiger partial charge on any atom is -0.376 e. The van der Waals surface area contributed by atoms with Crippen molar-refractivity contribution >= 4 is 17.2 Å². The van der Waals surface area contributed by atoms with Crippen LogP contribution in [0, 0.1) is 5.92 Å². The molecule has 2 aromatic carbocycles. The third-order valence-corrected chi connectivity index (χ3v) is 6.76. The lowest BCUT2D eigenvalue weighted by atomic mass is 10.0. The Morgan fingerprint density at radius 1 is 1.03 bits per heavy atom. The number of ether oxygens (including phenoxy) is 1. The summed E-state index contributed by atoms with van der Waals surface area (Å²) in [4.78, 5) is 22.1. The summed E-state index contributed by atoms with van der Waals surface area (Å²) in [6.07, 6.45) is 9.33. The van der Waals surface area contributed by atoms with Crippen LogP contribution in [-0.4, -0.2) is 39.4 Å². The van der Waals surface area contributed by atoms with E-state index in [1.54, 1.807) is 0 Å². The molecule has 0 radical (unpaired) electrons. The molecule has 6 nitrogen and oxygen atoms in total. The smallest absolute Gasteiger partial charge is 0.180 e. The Balaban J connectivity index is 1.36. The van der Waals surface area contributed by atoms with Gasteiger partial charge in [0.25, 0.3) is 0 Å². The van der Waals surface area contributed by atoms with Crippen molar-refractivity contribution in [1.82, 2.24) is 14.4 Å². The molecule has 1 N–H and O–H groups in total. The number of nitrogens with zero attached hydrogens (tertiary/aromatic N) is 3. The molecule has 2 aliphatic rings. The first-order chi connectivity index (χ1) is 16.7. The van der Waals surface area contributed by atoms with Crippen molar-refractivity contribution < 1.29 is 9.53 Å². The number of benzene rings is 2. The lowest BCUT2D eigenvalue weighted by Gasteiger charge is -2.14. The van der Waals surface area contributed by atoms with Gasteiger partial charge >= 0.3 is 0 Å². The fourth-order valence-corrected chi connectivity index (χ4v) is 4.61. The van der Waals surface area contributed by atoms with E-state index in [1.165, 1.54) is 12.8 Å². The molecule has 2 aromatic heterocycles. The number of carbonyl (C=O) groups is 1. The number of ketones is 1. The Hall–Kier alpha value is -3.51. The van der Waals surface area contributed by atoms with Crippen LogP contribution in [0.4, 0.5) is 5.82 Å². The van der Waals surface area contributed by atoms with Crippen molar-refractivity contribution in [1.29, 1.82) is 0 Å². The van der Waals surface area contributed by atoms with E-state index in [2.05, 4.69) is 21.9 Å². The molecule has 0 amide bonds. The van der Waals surface area contributed by atoms with Crippen LogP contribution in [0.25, 0.3) is 28.2 Å². The van der Waals surface area contributed by atoms with E-state index in [9.17, 15) is 4.79 Å². The van der Waals surface area contributed by atoms with E-state index in [1.807, 2.05) is 54.9 Å². The lowest BCUT2D eigenvalue weighted by Crippen LogP contribution is -2.19. The van der Waals surface area contributed by atoms with Crippen LogP contribution in [0.1, 0.15) is 42.5 Å². The average molecular weight is 453 g/mol. The number of hydrogen-bond acceptors (Lipinski definition) is 5. The van der Waals surface area contributed by atoms with E-state index in [-0.39, 0.29) is 11.9 Å². The highest BCUT2D eigenvalue weighted by Crippen LogP contribution is 2.34. The van der Waals surface area contributed by atoms with Gasteiger partial charge in [-0.1, -0.05) is 54.6 Å². The fourth-order valence-electron chi connectivity index (χ4n) is 4.61. The number of fused-ring (bicyclic) bond motifs is 1. The molecule has 172 valence electrons. The highest BCUT2D eigenvalue weighted by atomic mass is 16.5. The first-order valence-corrected chi connectivity index (χ1v) is 12.2. The zero-order valence-corrected chi connectivity index (χ0v) is 19.1. The summed E-state index contributed by atoms with van der Waals surface area (Å²) in [5, 5.41) is 3.49. The Kier molecular flexibility index (Phi) is 5.59. The van der Waals surface area contributed by atoms with Crippen molar-refractivity contribution in [3.63, 3.8) is 0 Å². The van der Waals surface area contributed by atoms with Gasteiger partial charge in [0.05, 0.1) is 23.7 Å². The van der Waals surface area contributed by atoms with Crippen LogP contribution >= 0.6 is 0 Å². The summed E-state index contributed by atoms with van der Waals surface area (Å²) in [5.41, 5.74) is 5.47. The molecule has 34 heavy (non-hydrogen) atoms. The monoisotopic (exact) mass is 452 g/mol. The van der Waals surface area contributed by atoms with Gasteiger partial charge in [-0.25, -0.2) is 9.97 Å². The van der Waals surface area contributed by atoms with Gasteiger partial charge in [-0.05, 0) is 31.6 Å². The minimum atomic E-state index is 0.206. The van der Waals surface area contributed by atoms with E-state index >= 15 is 0 Å². The first-order valence-electron chi connectivity index (χ1n) is 12.2. The fraction of sp³-hybridized carbons (Fsp3) is 0.321. The second-order valence-corrected chi connectivity index (χ2v) is 9.34. The SMILES string of the molecule is O=C(CC1CC1)c1ccc(-c2cnc3c(NCC4CCCO4)nc(-c4ccccc4)cn23)cc1. The highest BCUT2D eigenvalue weighted by Gasteiger charge is 2.25. The van der Waals surface area contributed by atoms with Crippen molar-refractivity contribution in [2.24, 2.45) is 5.92 Å². The molecule has 6 heteroatoms. The van der Waals surface area contributed by atoms with Crippen LogP contribution in [0.15, 0.2) is 67.0 Å². The van der Waals surface area contributed by atoms with Crippen molar-refractivity contribution in [3.8, 4) is 22.5 Å². The van der Waals surface area contributed by atoms with E-state index < -0.39 is 0 Å². The van der Waals surface area contributed by atoms with Gasteiger partial charge in [-0.3, -0.25) is 9.20 Å². The van der Waals surface area contributed by atoms with Crippen LogP contribution in [-0.2, 0) is 4.74 Å². The van der Waals surface area contributed by atoms with E-state index in [4.69, 9.17) is 14.7 Å². The molecular weight excluding hydrogens is 424 g/mol. The van der Waals surface area contributed by atoms with Gasteiger partial charge in [0.15, 0.2) is 17.2 Å². The number of aromatic nitrogens is 3. The van der Waals surface area contributed by atoms with Gasteiger partial charge in [0, 0.05) is 42.5 Å². The molecule has 0 spiro atoms. The normalized spacial score (nSPS) is 17.8. The number of nitrogens with one attached hydrogen (secondary N) is 1. The zero-order valence-electron chi connectivity index (χ0n) is 19.1. The molecule has 1 aliphatic heterocycles. The van der Waals surface area contributed by atoms with Gasteiger partial charge in [0.1, 0.15) is 0 Å². The largest absolute Gasteiger partial charge is 0.376 e. The maximum Gasteiger partial charge on any atom is 0.180 e. The molecule has 1 atom stereocenters. The van der Waals surface area contributed by atoms with Crippen LogP contribution in [0.2, 0.25) is 0 Å². The summed E-state index contributed by atoms with van der Waals surface area (Å²) >= 11 is 0. The second-order valence-electron chi connectivity index (χ2n) is 9.34. The standard InChI is InChI=1S/C28H28N4O2/c33-26(15-19-8-9-19)22-12-10-21(11-13-22)25-17-30-28-27(29-16-23-7-4-14-34-23)31-24(18-32(25)28)20-5-2-1-3-6-20/h1-3,5-6,10-13,17-19,23H,4,7-9,14-16H2,(H,29,31). The number of Topliss-reactive ketones (excluding diaryl/α,β-unsaturated/α-hetero) is 1. The number of carbonyl (C=O) groups excluding carboxylic acids is 1. The Labute approximate surface area is 199 Å². The molecule has 3 heterocycles. The molecule has 1 saturated carbocycles. The molecule has 4 aromatic rings. The lowest BCUT2D eigenvalue weighted by molar-refractivity contribution is 0.0976. The Morgan fingerprint density at radius 2 is 1.85 bits per heavy atom. The van der Waals surface area contributed by atoms with Crippen LogP contribution in [0.5, 0.6) is 0 Å². The Bertz CT molecular complexity index is 1300. The van der Waals surface area contributed by atoms with E-state index in [0.717, 1.165) is 59.0 Å². The summed E-state index contributed by atoms with van der Waals surface area (Å²) in [7, 11) is 0. The third-order valence-electron chi connectivity index (χ3n) is 6.76. The quantitative estimate of drug-likeness (QED) is 0.351. The molecule has 2 fully saturated rings. The molecule has 1 saturated heterocycles. The van der Waals surface area contributed by atoms with Gasteiger partial charge in [-0.2, -0.15) is 0 Å². The summed E-state index contributed by atoms with van der Waals surface area (Å²) < 4.78 is 7.88. The van der Waals surface area contributed by atoms with Crippen molar-refractivity contribution in [2.75, 3.05) is 18.5 Å². The van der Waals surface area contributed by atoms with E-state index in [0.29, 0.717) is 18.9 Å². The van der Waals surface area contributed by atoms with Crippen molar-refractivity contribution in [2.45, 2.75) is 38.2 Å². The van der Waals surface area contributed by atoms with Crippen LogP contribution < -0.4 is 5.32 Å². The van der Waals surface area contributed by atoms with Crippen molar-refractivity contribution in [3.05, 3.63) is 72.6 Å². The molecule has 1 unspecified atom stereocenters. The number of imidazole rings is 1. The van der Waals surface area contributed by atoms with Gasteiger partial charge < -0.3 is 10.1 Å². The Morgan fingerprint density at radius 3 is 2.59 bits per heavy atom. The molecular formula is C28H28N4O2. The van der Waals surface area contributed by atoms with Crippen LogP contribution in [0.3, 0.4) is 0 Å². The molecule has 1 aliphatic carbocycles. The summed E-state index contributed by atoms with van der Waals surface area (Å²) in [6, 6.07) is 18.1. The van der Waals surface area contributed by atoms with Gasteiger partial charge in [0.2, 0.25) is 0 Å². The number of rotatable bonds is 8. The predicted octanol–water partition coefficient (Wildman–Crippen LogP) is 5.64. The topological polar surface area (TPSA) is 68.5 Å². The summed E-state index contributed by atoms with van der Waals surface area (Å²) in [5.74, 6) is 1.58. The second kappa shape index (κ2) is 9.03. The zero-order chi connectivity index (χ0) is 22.9. The molecule has 6 rings (SSSR count). The highest BCUT2D eigenvalue weighted by molar-refractivity contribution is 5.96. The maximum atomic E-state index is 12.5. The summed E-state index contributed by atoms with van der Waals surface area (Å²) in [6.45, 7) is 1.53. The maximum absolute atomic E-state index is 12.5. The molecule has 0 bridgehead atoms. The number of anilines is 1.